The summed E-state index contributed by atoms with van der Waals surface area (Å²) < 4.78 is 16.4. The van der Waals surface area contributed by atoms with E-state index < -0.39 is 17.8 Å². The van der Waals surface area contributed by atoms with E-state index >= 15 is 0 Å². The second-order valence-corrected chi connectivity index (χ2v) is 8.11. The van der Waals surface area contributed by atoms with Crippen molar-refractivity contribution in [3.63, 3.8) is 0 Å². The Bertz CT molecular complexity index is 1070. The molecule has 0 aliphatic rings. The molecule has 1 heterocycles. The quantitative estimate of drug-likeness (QED) is 0.314. The van der Waals surface area contributed by atoms with Crippen LogP contribution in [0.2, 0.25) is 0 Å². The first-order chi connectivity index (χ1) is 15.1. The Kier molecular flexibility index (Phi) is 9.47. The maximum atomic E-state index is 11.5. The largest absolute Gasteiger partial charge is 0.489 e. The monoisotopic (exact) mass is 440 g/mol. The Morgan fingerprint density at radius 2 is 1.81 bits per heavy atom. The summed E-state index contributed by atoms with van der Waals surface area (Å²) in [4.78, 5) is 22.9. The van der Waals surface area contributed by atoms with Gasteiger partial charge in [-0.1, -0.05) is 17.2 Å². The summed E-state index contributed by atoms with van der Waals surface area (Å²) in [5, 5.41) is 11.1. The minimum Gasteiger partial charge on any atom is -0.489 e. The predicted octanol–water partition coefficient (Wildman–Crippen LogP) is 5.10. The number of aliphatic hydroxyl groups excluding tert-OH is 1. The van der Waals surface area contributed by atoms with E-state index in [0.717, 1.165) is 22.1 Å². The predicted molar refractivity (Wildman–Crippen MR) is 126 cm³/mol. The zero-order valence-corrected chi connectivity index (χ0v) is 19.4. The Morgan fingerprint density at radius 1 is 1.09 bits per heavy atom. The van der Waals surface area contributed by atoms with E-state index in [1.807, 2.05) is 52.0 Å². The minimum absolute atomic E-state index is 0.313. The lowest BCUT2D eigenvalue weighted by Crippen LogP contribution is -2.17. The Morgan fingerprint density at radius 3 is 2.50 bits per heavy atom. The highest BCUT2D eigenvalue weighted by Crippen LogP contribution is 2.20. The van der Waals surface area contributed by atoms with E-state index in [-0.39, 0.29) is 5.97 Å². The van der Waals surface area contributed by atoms with Crippen LogP contribution in [0.1, 0.15) is 47.5 Å². The van der Waals surface area contributed by atoms with Gasteiger partial charge < -0.3 is 19.0 Å². The smallest absolute Gasteiger partial charge is 0.336 e. The van der Waals surface area contributed by atoms with Crippen LogP contribution in [0.5, 0.6) is 5.75 Å². The first-order valence-electron chi connectivity index (χ1n) is 10.6. The summed E-state index contributed by atoms with van der Waals surface area (Å²) in [7, 11) is 0. The zero-order valence-electron chi connectivity index (χ0n) is 19.4. The number of hydrogen-bond acceptors (Lipinski definition) is 6. The number of benzene rings is 1. The third kappa shape index (κ3) is 8.55. The zero-order chi connectivity index (χ0) is 23.7. The summed E-state index contributed by atoms with van der Waals surface area (Å²) in [5.41, 5.74) is 2.94. The summed E-state index contributed by atoms with van der Waals surface area (Å²) in [5.74, 6) is 0.213. The molecule has 0 aliphatic carbocycles. The van der Waals surface area contributed by atoms with E-state index in [1.165, 1.54) is 13.0 Å². The Balaban J connectivity index is 2.01. The van der Waals surface area contributed by atoms with Crippen molar-refractivity contribution in [2.24, 2.45) is 0 Å². The van der Waals surface area contributed by atoms with Gasteiger partial charge in [0, 0.05) is 30.9 Å². The fraction of sp³-hybridized carbons (Fsp3) is 0.385. The summed E-state index contributed by atoms with van der Waals surface area (Å²) in [6.07, 6.45) is 5.60. The fourth-order valence-electron chi connectivity index (χ4n) is 3.10. The number of aliphatic hydroxyl groups is 1. The normalized spacial score (nSPS) is 14.1. The van der Waals surface area contributed by atoms with Gasteiger partial charge in [0.15, 0.2) is 0 Å². The van der Waals surface area contributed by atoms with Crippen molar-refractivity contribution >= 4 is 16.9 Å². The first-order valence-corrected chi connectivity index (χ1v) is 10.6. The molecule has 0 unspecified atom stereocenters. The van der Waals surface area contributed by atoms with Crippen molar-refractivity contribution in [2.75, 3.05) is 6.61 Å². The third-order valence-electron chi connectivity index (χ3n) is 4.84. The molecule has 0 amide bonds. The molecule has 6 heteroatoms. The van der Waals surface area contributed by atoms with Gasteiger partial charge in [-0.3, -0.25) is 4.79 Å². The van der Waals surface area contributed by atoms with Crippen LogP contribution in [-0.2, 0) is 9.53 Å². The van der Waals surface area contributed by atoms with Crippen LogP contribution in [0.4, 0.5) is 0 Å². The maximum absolute atomic E-state index is 11.5. The van der Waals surface area contributed by atoms with Crippen LogP contribution in [0.15, 0.2) is 74.5 Å². The molecule has 172 valence electrons. The van der Waals surface area contributed by atoms with E-state index in [1.54, 1.807) is 18.2 Å². The van der Waals surface area contributed by atoms with Crippen molar-refractivity contribution < 1.29 is 23.8 Å². The molecule has 0 saturated heterocycles. The van der Waals surface area contributed by atoms with Crippen LogP contribution >= 0.6 is 0 Å². The molecule has 1 aromatic carbocycles. The summed E-state index contributed by atoms with van der Waals surface area (Å²) >= 11 is 0. The molecule has 2 rings (SSSR count). The highest BCUT2D eigenvalue weighted by atomic mass is 16.5. The van der Waals surface area contributed by atoms with Gasteiger partial charge in [0.2, 0.25) is 0 Å². The molecule has 2 aromatic rings. The average Bonchev–Trinajstić information content (AvgIpc) is 2.71. The summed E-state index contributed by atoms with van der Waals surface area (Å²) in [6, 6.07) is 8.41. The van der Waals surface area contributed by atoms with Crippen LogP contribution in [-0.4, -0.2) is 29.9 Å². The van der Waals surface area contributed by atoms with E-state index in [0.29, 0.717) is 30.8 Å². The number of ether oxygens (including phenoxy) is 2. The van der Waals surface area contributed by atoms with Gasteiger partial charge in [-0.05, 0) is 70.0 Å². The van der Waals surface area contributed by atoms with Gasteiger partial charge in [0.05, 0.1) is 6.10 Å². The van der Waals surface area contributed by atoms with Crippen molar-refractivity contribution in [3.8, 4) is 5.75 Å². The molecule has 0 aliphatic heterocycles. The lowest BCUT2D eigenvalue weighted by Gasteiger charge is -2.17. The number of esters is 1. The molecule has 0 fully saturated rings. The van der Waals surface area contributed by atoms with Gasteiger partial charge in [-0.15, -0.1) is 0 Å². The molecular weight excluding hydrogens is 408 g/mol. The highest BCUT2D eigenvalue weighted by Gasteiger charge is 2.13. The molecule has 1 N–H and O–H groups in total. The first kappa shape index (κ1) is 25.1. The standard InChI is InChI=1S/C26H32O6/c1-17(2)6-10-24(28)19(4)15-23(31-20(5)27)14-18(3)12-13-30-22-9-7-21-8-11-26(29)32-25(21)16-22/h6-9,11-12,15-16,23-24,28H,10,13-14H2,1-5H3/b18-12+,19-15+/t23-,24+/m1/s1. The van der Waals surface area contributed by atoms with Crippen LogP contribution in [0.25, 0.3) is 11.0 Å². The SMILES string of the molecule is CC(=O)O[C@@H](/C=C(\C)[C@@H](O)CC=C(C)C)C/C(C)=C/COc1ccc2ccc(=O)oc2c1. The molecule has 0 radical (unpaired) electrons. The fourth-order valence-corrected chi connectivity index (χ4v) is 3.10. The van der Waals surface area contributed by atoms with Crippen LogP contribution < -0.4 is 10.4 Å². The lowest BCUT2D eigenvalue weighted by atomic mass is 10.0. The topological polar surface area (TPSA) is 86.0 Å². The number of carbonyl (C=O) groups is 1. The van der Waals surface area contributed by atoms with E-state index in [2.05, 4.69) is 0 Å². The number of fused-ring (bicyclic) bond motifs is 1. The minimum atomic E-state index is -0.622. The third-order valence-corrected chi connectivity index (χ3v) is 4.84. The molecule has 6 nitrogen and oxygen atoms in total. The van der Waals surface area contributed by atoms with Crippen LogP contribution in [0.3, 0.4) is 0 Å². The second kappa shape index (κ2) is 12.1. The lowest BCUT2D eigenvalue weighted by molar-refractivity contribution is -0.144. The van der Waals surface area contributed by atoms with Gasteiger partial charge in [-0.25, -0.2) is 4.79 Å². The Labute approximate surface area is 188 Å². The molecular formula is C26H32O6. The molecule has 2 atom stereocenters. The van der Waals surface area contributed by atoms with Crippen molar-refractivity contribution in [2.45, 2.75) is 59.7 Å². The second-order valence-electron chi connectivity index (χ2n) is 8.11. The van der Waals surface area contributed by atoms with Gasteiger partial charge in [0.25, 0.3) is 0 Å². The van der Waals surface area contributed by atoms with Gasteiger partial charge >= 0.3 is 11.6 Å². The molecule has 0 spiro atoms. The number of carbonyl (C=O) groups excluding carboxylic acids is 1. The van der Waals surface area contributed by atoms with Crippen molar-refractivity contribution in [1.82, 2.24) is 0 Å². The number of rotatable bonds is 10. The molecule has 0 bridgehead atoms. The van der Waals surface area contributed by atoms with Crippen molar-refractivity contribution in [3.05, 3.63) is 75.7 Å². The average molecular weight is 441 g/mol. The van der Waals surface area contributed by atoms with E-state index in [9.17, 15) is 14.7 Å². The molecule has 0 saturated carbocycles. The Hall–Kier alpha value is -3.12. The van der Waals surface area contributed by atoms with Gasteiger partial charge in [0.1, 0.15) is 24.0 Å². The number of allylic oxidation sites excluding steroid dienone is 1. The summed E-state index contributed by atoms with van der Waals surface area (Å²) in [6.45, 7) is 9.42. The number of hydrogen-bond donors (Lipinski definition) is 1. The van der Waals surface area contributed by atoms with E-state index in [4.69, 9.17) is 13.9 Å². The van der Waals surface area contributed by atoms with Crippen LogP contribution in [0, 0.1) is 0 Å². The highest BCUT2D eigenvalue weighted by molar-refractivity contribution is 5.77. The maximum Gasteiger partial charge on any atom is 0.336 e. The van der Waals surface area contributed by atoms with Crippen molar-refractivity contribution in [1.29, 1.82) is 0 Å². The van der Waals surface area contributed by atoms with Gasteiger partial charge in [-0.2, -0.15) is 0 Å². The molecule has 32 heavy (non-hydrogen) atoms. The molecule has 1 aromatic heterocycles.